The highest BCUT2D eigenvalue weighted by Gasteiger charge is 2.58. The standard InChI is InChI=1S/C17H29NO6Si/c1-4-21-25(22-5-2,23-6-3)9-7-8-18-16(19)12-10-14-15(24-14)11-13(12)17(18)20/h12-15H,4-11H2,1-3H3. The minimum Gasteiger partial charge on any atom is -0.374 e. The molecule has 25 heavy (non-hydrogen) atoms. The highest BCUT2D eigenvalue weighted by atomic mass is 28.4. The molecule has 0 spiro atoms. The van der Waals surface area contributed by atoms with Crippen molar-refractivity contribution in [1.82, 2.24) is 4.90 Å². The van der Waals surface area contributed by atoms with Crippen molar-refractivity contribution in [1.29, 1.82) is 0 Å². The Bertz CT molecular complexity index is 470. The van der Waals surface area contributed by atoms with Gasteiger partial charge in [-0.05, 0) is 40.0 Å². The van der Waals surface area contributed by atoms with Crippen molar-refractivity contribution >= 4 is 20.6 Å². The Labute approximate surface area is 150 Å². The molecule has 0 N–H and O–H groups in total. The molecule has 0 aromatic heterocycles. The number of amides is 2. The number of imide groups is 1. The first-order valence-electron chi connectivity index (χ1n) is 9.47. The van der Waals surface area contributed by atoms with E-state index in [2.05, 4.69) is 0 Å². The molecule has 3 rings (SSSR count). The average Bonchev–Trinajstić information content (AvgIpc) is 3.31. The molecule has 4 unspecified atom stereocenters. The van der Waals surface area contributed by atoms with Crippen LogP contribution in [0.3, 0.4) is 0 Å². The van der Waals surface area contributed by atoms with Crippen LogP contribution in [0.5, 0.6) is 0 Å². The van der Waals surface area contributed by atoms with Crippen molar-refractivity contribution in [3.05, 3.63) is 0 Å². The molecule has 0 aromatic rings. The molecule has 4 atom stereocenters. The lowest BCUT2D eigenvalue weighted by Crippen LogP contribution is -2.46. The summed E-state index contributed by atoms with van der Waals surface area (Å²) < 4.78 is 23.0. The Morgan fingerprint density at radius 2 is 1.44 bits per heavy atom. The zero-order chi connectivity index (χ0) is 18.0. The largest absolute Gasteiger partial charge is 0.500 e. The zero-order valence-corrected chi connectivity index (χ0v) is 16.4. The number of ether oxygens (including phenoxy) is 1. The first-order valence-corrected chi connectivity index (χ1v) is 11.4. The van der Waals surface area contributed by atoms with Crippen LogP contribution in [-0.2, 0) is 27.6 Å². The normalized spacial score (nSPS) is 31.2. The molecule has 0 aromatic carbocycles. The van der Waals surface area contributed by atoms with Gasteiger partial charge in [0.1, 0.15) is 0 Å². The Hall–Kier alpha value is -0.803. The summed E-state index contributed by atoms with van der Waals surface area (Å²) in [5.41, 5.74) is 0. The maximum Gasteiger partial charge on any atom is 0.500 e. The van der Waals surface area contributed by atoms with E-state index in [0.717, 1.165) is 0 Å². The second-order valence-electron chi connectivity index (χ2n) is 6.81. The van der Waals surface area contributed by atoms with Crippen LogP contribution in [0, 0.1) is 11.8 Å². The smallest absolute Gasteiger partial charge is 0.374 e. The summed E-state index contributed by atoms with van der Waals surface area (Å²) in [4.78, 5) is 26.7. The highest BCUT2D eigenvalue weighted by Crippen LogP contribution is 2.47. The summed E-state index contributed by atoms with van der Waals surface area (Å²) in [7, 11) is -2.72. The van der Waals surface area contributed by atoms with E-state index in [1.807, 2.05) is 20.8 Å². The summed E-state index contributed by atoms with van der Waals surface area (Å²) in [5, 5.41) is 0. The van der Waals surface area contributed by atoms with E-state index in [0.29, 0.717) is 51.7 Å². The highest BCUT2D eigenvalue weighted by molar-refractivity contribution is 6.60. The molecular weight excluding hydrogens is 342 g/mol. The summed E-state index contributed by atoms with van der Waals surface area (Å²) in [6.07, 6.45) is 2.45. The van der Waals surface area contributed by atoms with Gasteiger partial charge >= 0.3 is 8.80 Å². The lowest BCUT2D eigenvalue weighted by molar-refractivity contribution is -0.140. The van der Waals surface area contributed by atoms with Gasteiger partial charge in [-0.1, -0.05) is 0 Å². The van der Waals surface area contributed by atoms with E-state index in [4.69, 9.17) is 18.0 Å². The van der Waals surface area contributed by atoms with Gasteiger partial charge in [0.05, 0.1) is 24.0 Å². The molecule has 2 heterocycles. The summed E-state index contributed by atoms with van der Waals surface area (Å²) >= 11 is 0. The topological polar surface area (TPSA) is 77.6 Å². The van der Waals surface area contributed by atoms with E-state index in [9.17, 15) is 9.59 Å². The predicted octanol–water partition coefficient (Wildman–Crippen LogP) is 1.59. The molecule has 8 heteroatoms. The third-order valence-electron chi connectivity index (χ3n) is 5.27. The second kappa shape index (κ2) is 7.83. The molecule has 2 amide bonds. The third-order valence-corrected chi connectivity index (χ3v) is 8.42. The Morgan fingerprint density at radius 1 is 0.960 bits per heavy atom. The molecule has 1 saturated carbocycles. The van der Waals surface area contributed by atoms with Gasteiger partial charge in [-0.15, -0.1) is 0 Å². The lowest BCUT2D eigenvalue weighted by Gasteiger charge is -2.29. The zero-order valence-electron chi connectivity index (χ0n) is 15.4. The van der Waals surface area contributed by atoms with Gasteiger partial charge in [0, 0.05) is 32.4 Å². The predicted molar refractivity (Wildman–Crippen MR) is 91.7 cm³/mol. The number of fused-ring (bicyclic) bond motifs is 2. The maximum absolute atomic E-state index is 12.6. The van der Waals surface area contributed by atoms with Crippen LogP contribution < -0.4 is 0 Å². The van der Waals surface area contributed by atoms with E-state index >= 15 is 0 Å². The van der Waals surface area contributed by atoms with Gasteiger partial charge in [-0.3, -0.25) is 14.5 Å². The van der Waals surface area contributed by atoms with Crippen molar-refractivity contribution < 1.29 is 27.6 Å². The van der Waals surface area contributed by atoms with Gasteiger partial charge in [0.2, 0.25) is 11.8 Å². The molecule has 3 aliphatic rings. The lowest BCUT2D eigenvalue weighted by atomic mass is 9.81. The first-order chi connectivity index (χ1) is 12.0. The fourth-order valence-electron chi connectivity index (χ4n) is 4.15. The van der Waals surface area contributed by atoms with Crippen molar-refractivity contribution in [2.45, 2.75) is 58.3 Å². The molecular formula is C17H29NO6Si. The van der Waals surface area contributed by atoms with Gasteiger partial charge in [0.25, 0.3) is 0 Å². The van der Waals surface area contributed by atoms with E-state index < -0.39 is 8.80 Å². The van der Waals surface area contributed by atoms with Gasteiger partial charge in [-0.25, -0.2) is 0 Å². The fourth-order valence-corrected chi connectivity index (χ4v) is 6.75. The summed E-state index contributed by atoms with van der Waals surface area (Å²) in [6, 6.07) is 0.614. The Morgan fingerprint density at radius 3 is 1.88 bits per heavy atom. The number of carbonyl (C=O) groups is 2. The SMILES string of the molecule is CCO[Si](CCCN1C(=O)C2CC3OC3CC2C1=O)(OCC)OCC. The number of hydrogen-bond acceptors (Lipinski definition) is 6. The van der Waals surface area contributed by atoms with Crippen molar-refractivity contribution in [2.75, 3.05) is 26.4 Å². The van der Waals surface area contributed by atoms with Crippen molar-refractivity contribution in [2.24, 2.45) is 11.8 Å². The molecule has 2 aliphatic heterocycles. The second-order valence-corrected chi connectivity index (χ2v) is 9.54. The minimum absolute atomic E-state index is 0.0274. The van der Waals surface area contributed by atoms with Crippen LogP contribution in [0.25, 0.3) is 0 Å². The van der Waals surface area contributed by atoms with Gasteiger partial charge in [-0.2, -0.15) is 0 Å². The minimum atomic E-state index is -2.72. The number of rotatable bonds is 10. The molecule has 0 bridgehead atoms. The number of carbonyl (C=O) groups excluding carboxylic acids is 2. The number of nitrogens with zero attached hydrogens (tertiary/aromatic N) is 1. The van der Waals surface area contributed by atoms with Gasteiger partial charge < -0.3 is 18.0 Å². The monoisotopic (exact) mass is 371 g/mol. The Kier molecular flexibility index (Phi) is 5.94. The molecule has 1 aliphatic carbocycles. The molecule has 142 valence electrons. The number of epoxide rings is 1. The number of hydrogen-bond donors (Lipinski definition) is 0. The maximum atomic E-state index is 12.6. The van der Waals surface area contributed by atoms with Crippen molar-refractivity contribution in [3.63, 3.8) is 0 Å². The quantitative estimate of drug-likeness (QED) is 0.330. The van der Waals surface area contributed by atoms with Crippen molar-refractivity contribution in [3.8, 4) is 0 Å². The van der Waals surface area contributed by atoms with Crippen LogP contribution in [-0.4, -0.2) is 64.1 Å². The van der Waals surface area contributed by atoms with E-state index in [1.54, 1.807) is 0 Å². The van der Waals surface area contributed by atoms with Crippen LogP contribution in [0.4, 0.5) is 0 Å². The summed E-state index contributed by atoms with van der Waals surface area (Å²) in [6.45, 7) is 7.77. The van der Waals surface area contributed by atoms with Crippen LogP contribution in [0.1, 0.15) is 40.0 Å². The van der Waals surface area contributed by atoms with Gasteiger partial charge in [0.15, 0.2) is 0 Å². The number of likely N-dealkylation sites (tertiary alicyclic amines) is 1. The first kappa shape index (κ1) is 19.0. The molecule has 0 radical (unpaired) electrons. The summed E-state index contributed by atoms with van der Waals surface area (Å²) in [5.74, 6) is -0.409. The van der Waals surface area contributed by atoms with Crippen LogP contribution >= 0.6 is 0 Å². The van der Waals surface area contributed by atoms with Crippen LogP contribution in [0.15, 0.2) is 0 Å². The van der Waals surface area contributed by atoms with E-state index in [-0.39, 0.29) is 35.9 Å². The Balaban J connectivity index is 1.56. The van der Waals surface area contributed by atoms with E-state index in [1.165, 1.54) is 4.90 Å². The fraction of sp³-hybridized carbons (Fsp3) is 0.882. The molecule has 7 nitrogen and oxygen atoms in total. The molecule has 3 fully saturated rings. The van der Waals surface area contributed by atoms with Crippen LogP contribution in [0.2, 0.25) is 6.04 Å². The third kappa shape index (κ3) is 3.83. The average molecular weight is 372 g/mol. The molecule has 2 saturated heterocycles.